The van der Waals surface area contributed by atoms with Crippen molar-refractivity contribution in [1.82, 2.24) is 0 Å². The highest BCUT2D eigenvalue weighted by Gasteiger charge is 2.46. The average Bonchev–Trinajstić information content (AvgIpc) is 2.40. The summed E-state index contributed by atoms with van der Waals surface area (Å²) in [6.45, 7) is 0. The van der Waals surface area contributed by atoms with Crippen molar-refractivity contribution in [3.05, 3.63) is 29.8 Å². The predicted molar refractivity (Wildman–Crippen MR) is 62.9 cm³/mol. The maximum atomic E-state index is 4.60. The smallest absolute Gasteiger partial charge is 0.0888 e. The molecule has 0 saturated heterocycles. The molecule has 2 nitrogen and oxygen atoms in total. The van der Waals surface area contributed by atoms with E-state index in [1.54, 1.807) is 0 Å². The average molecular weight is 212 g/mol. The van der Waals surface area contributed by atoms with E-state index >= 15 is 0 Å². The van der Waals surface area contributed by atoms with Gasteiger partial charge in [0.05, 0.1) is 11.7 Å². The molecular weight excluding hydrogens is 196 g/mol. The first kappa shape index (κ1) is 8.91. The number of fused-ring (bicyclic) bond motifs is 3. The molecule has 3 saturated carbocycles. The molecule has 0 N–H and O–H groups in total. The van der Waals surface area contributed by atoms with Gasteiger partial charge in [-0.05, 0) is 49.1 Å². The van der Waals surface area contributed by atoms with Crippen LogP contribution in [0.2, 0.25) is 0 Å². The SMILES string of the molecule is c1ccc2c(c1)N=N[C@H]1C3CCC(CC3)[C@@H]21. The Balaban J connectivity index is 1.86. The van der Waals surface area contributed by atoms with Gasteiger partial charge in [-0.15, -0.1) is 0 Å². The third-order valence-corrected chi connectivity index (χ3v) is 4.77. The first-order valence-electron chi connectivity index (χ1n) is 6.43. The molecule has 2 bridgehead atoms. The second-order valence-corrected chi connectivity index (χ2v) is 5.47. The van der Waals surface area contributed by atoms with Gasteiger partial charge in [0.2, 0.25) is 0 Å². The molecule has 3 fully saturated rings. The highest BCUT2D eigenvalue weighted by Crippen LogP contribution is 2.54. The molecule has 2 atom stereocenters. The monoisotopic (exact) mass is 212 g/mol. The normalized spacial score (nSPS) is 39.2. The lowest BCUT2D eigenvalue weighted by atomic mass is 9.59. The van der Waals surface area contributed by atoms with Crippen LogP contribution in [-0.2, 0) is 0 Å². The maximum absolute atomic E-state index is 4.60. The van der Waals surface area contributed by atoms with Crippen LogP contribution in [0, 0.1) is 11.8 Å². The van der Waals surface area contributed by atoms with E-state index in [9.17, 15) is 0 Å². The van der Waals surface area contributed by atoms with Gasteiger partial charge >= 0.3 is 0 Å². The molecule has 4 aliphatic rings. The fraction of sp³-hybridized carbons (Fsp3) is 0.571. The number of benzene rings is 1. The summed E-state index contributed by atoms with van der Waals surface area (Å²) in [5.41, 5.74) is 2.59. The van der Waals surface area contributed by atoms with Crippen LogP contribution in [0.3, 0.4) is 0 Å². The molecule has 0 amide bonds. The second kappa shape index (κ2) is 3.16. The Labute approximate surface area is 95.8 Å². The van der Waals surface area contributed by atoms with E-state index in [4.69, 9.17) is 0 Å². The number of hydrogen-bond acceptors (Lipinski definition) is 2. The van der Waals surface area contributed by atoms with E-state index in [0.717, 1.165) is 17.5 Å². The Hall–Kier alpha value is -1.18. The quantitative estimate of drug-likeness (QED) is 0.619. The van der Waals surface area contributed by atoms with Crippen LogP contribution in [0.1, 0.15) is 37.2 Å². The van der Waals surface area contributed by atoms with Crippen molar-refractivity contribution in [2.24, 2.45) is 22.1 Å². The van der Waals surface area contributed by atoms with E-state index in [1.165, 1.54) is 31.2 Å². The van der Waals surface area contributed by atoms with Gasteiger partial charge in [-0.25, -0.2) is 0 Å². The van der Waals surface area contributed by atoms with Crippen molar-refractivity contribution in [2.45, 2.75) is 37.6 Å². The fourth-order valence-electron chi connectivity index (χ4n) is 4.01. The summed E-state index contributed by atoms with van der Waals surface area (Å²) < 4.78 is 0. The highest BCUT2D eigenvalue weighted by molar-refractivity contribution is 5.50. The largest absolute Gasteiger partial charge is 0.184 e. The van der Waals surface area contributed by atoms with E-state index in [1.807, 2.05) is 0 Å². The minimum atomic E-state index is 0.502. The molecule has 2 heteroatoms. The molecule has 82 valence electrons. The van der Waals surface area contributed by atoms with E-state index in [2.05, 4.69) is 34.5 Å². The molecule has 5 rings (SSSR count). The second-order valence-electron chi connectivity index (χ2n) is 5.47. The van der Waals surface area contributed by atoms with Crippen molar-refractivity contribution >= 4 is 5.69 Å². The minimum Gasteiger partial charge on any atom is -0.184 e. The minimum absolute atomic E-state index is 0.502. The summed E-state index contributed by atoms with van der Waals surface area (Å²) >= 11 is 0. The Bertz CT molecular complexity index is 444. The van der Waals surface area contributed by atoms with E-state index < -0.39 is 0 Å². The summed E-state index contributed by atoms with van der Waals surface area (Å²) in [6.07, 6.45) is 5.59. The number of nitrogens with zero attached hydrogens (tertiary/aromatic N) is 2. The first-order valence-corrected chi connectivity index (χ1v) is 6.43. The number of rotatable bonds is 0. The molecule has 0 spiro atoms. The van der Waals surface area contributed by atoms with Gasteiger partial charge in [0.15, 0.2) is 0 Å². The van der Waals surface area contributed by atoms with Crippen LogP contribution >= 0.6 is 0 Å². The lowest BCUT2D eigenvalue weighted by Crippen LogP contribution is -2.42. The van der Waals surface area contributed by atoms with Crippen molar-refractivity contribution in [3.63, 3.8) is 0 Å². The molecule has 1 heterocycles. The summed E-state index contributed by atoms with van der Waals surface area (Å²) in [7, 11) is 0. The molecule has 0 aromatic heterocycles. The first-order chi connectivity index (χ1) is 7.93. The van der Waals surface area contributed by atoms with Crippen LogP contribution in [0.15, 0.2) is 34.5 Å². The van der Waals surface area contributed by atoms with Gasteiger partial charge in [0.1, 0.15) is 0 Å². The Morgan fingerprint density at radius 2 is 1.69 bits per heavy atom. The van der Waals surface area contributed by atoms with Gasteiger partial charge < -0.3 is 0 Å². The maximum Gasteiger partial charge on any atom is 0.0888 e. The van der Waals surface area contributed by atoms with Gasteiger partial charge in [-0.3, -0.25) is 0 Å². The lowest BCUT2D eigenvalue weighted by Gasteiger charge is -2.48. The number of hydrogen-bond donors (Lipinski definition) is 0. The summed E-state index contributed by atoms with van der Waals surface area (Å²) in [4.78, 5) is 0. The molecule has 0 unspecified atom stereocenters. The van der Waals surface area contributed by atoms with Crippen LogP contribution in [-0.4, -0.2) is 6.04 Å². The Morgan fingerprint density at radius 3 is 2.56 bits per heavy atom. The summed E-state index contributed by atoms with van der Waals surface area (Å²) in [5.74, 6) is 2.36. The van der Waals surface area contributed by atoms with E-state index in [0.29, 0.717) is 12.0 Å². The van der Waals surface area contributed by atoms with Crippen LogP contribution in [0.25, 0.3) is 0 Å². The molecule has 1 aromatic carbocycles. The van der Waals surface area contributed by atoms with Gasteiger partial charge in [-0.2, -0.15) is 10.2 Å². The van der Waals surface area contributed by atoms with Crippen molar-refractivity contribution in [1.29, 1.82) is 0 Å². The highest BCUT2D eigenvalue weighted by atomic mass is 15.2. The van der Waals surface area contributed by atoms with Crippen molar-refractivity contribution in [3.8, 4) is 0 Å². The van der Waals surface area contributed by atoms with Crippen molar-refractivity contribution in [2.75, 3.05) is 0 Å². The van der Waals surface area contributed by atoms with E-state index in [-0.39, 0.29) is 0 Å². The summed E-state index contributed by atoms with van der Waals surface area (Å²) in [5, 5.41) is 9.02. The molecule has 1 aromatic rings. The number of azo groups is 1. The van der Waals surface area contributed by atoms with Gasteiger partial charge in [0, 0.05) is 5.92 Å². The lowest BCUT2D eigenvalue weighted by molar-refractivity contribution is 0.111. The molecule has 3 aliphatic carbocycles. The van der Waals surface area contributed by atoms with Gasteiger partial charge in [0.25, 0.3) is 0 Å². The molecule has 0 radical (unpaired) electrons. The standard InChI is InChI=1S/C14H16N2/c1-2-4-12-11(3-1)13-9-5-7-10(8-6-9)14(13)16-15-12/h1-4,9-10,13-14H,5-8H2/t9?,10?,13-,14-/m0/s1. The third kappa shape index (κ3) is 1.07. The van der Waals surface area contributed by atoms with Crippen LogP contribution < -0.4 is 0 Å². The topological polar surface area (TPSA) is 24.7 Å². The molecule has 16 heavy (non-hydrogen) atoms. The molecule has 1 aliphatic heterocycles. The summed E-state index contributed by atoms with van der Waals surface area (Å²) in [6, 6.07) is 9.10. The Kier molecular flexibility index (Phi) is 1.76. The predicted octanol–water partition coefficient (Wildman–Crippen LogP) is 4.06. The third-order valence-electron chi connectivity index (χ3n) is 4.77. The zero-order valence-electron chi connectivity index (χ0n) is 9.34. The fourth-order valence-corrected chi connectivity index (χ4v) is 4.01. The zero-order chi connectivity index (χ0) is 10.5. The molecular formula is C14H16N2. The van der Waals surface area contributed by atoms with Gasteiger partial charge in [-0.1, -0.05) is 18.2 Å². The van der Waals surface area contributed by atoms with Crippen LogP contribution in [0.5, 0.6) is 0 Å². The van der Waals surface area contributed by atoms with Crippen LogP contribution in [0.4, 0.5) is 5.69 Å². The Morgan fingerprint density at radius 1 is 0.938 bits per heavy atom. The zero-order valence-corrected chi connectivity index (χ0v) is 9.34. The van der Waals surface area contributed by atoms with Crippen molar-refractivity contribution < 1.29 is 0 Å².